The van der Waals surface area contributed by atoms with Crippen LogP contribution in [0.15, 0.2) is 28.8 Å². The molecule has 15 heavy (non-hydrogen) atoms. The van der Waals surface area contributed by atoms with Crippen molar-refractivity contribution in [2.45, 2.75) is 13.5 Å². The Bertz CT molecular complexity index is 484. The number of aromatic carboxylic acids is 1. The lowest BCUT2D eigenvalue weighted by Gasteiger charge is -1.96. The van der Waals surface area contributed by atoms with Gasteiger partial charge >= 0.3 is 5.97 Å². The predicted molar refractivity (Wildman–Crippen MR) is 51.7 cm³/mol. The average Bonchev–Trinajstić information content (AvgIpc) is 2.76. The van der Waals surface area contributed by atoms with Crippen molar-refractivity contribution in [3.05, 3.63) is 41.6 Å². The Morgan fingerprint density at radius 1 is 1.53 bits per heavy atom. The molecule has 2 rings (SSSR count). The van der Waals surface area contributed by atoms with E-state index < -0.39 is 5.97 Å². The van der Waals surface area contributed by atoms with E-state index in [-0.39, 0.29) is 5.69 Å². The molecule has 5 heteroatoms. The number of aromatic nitrogens is 2. The smallest absolute Gasteiger partial charge is 0.356 e. The number of furan rings is 1. The van der Waals surface area contributed by atoms with Gasteiger partial charge in [-0.1, -0.05) is 0 Å². The van der Waals surface area contributed by atoms with E-state index >= 15 is 0 Å². The van der Waals surface area contributed by atoms with Gasteiger partial charge in [0.2, 0.25) is 0 Å². The zero-order chi connectivity index (χ0) is 10.8. The molecule has 1 N–H and O–H groups in total. The highest BCUT2D eigenvalue weighted by atomic mass is 16.4. The minimum atomic E-state index is -1.02. The lowest BCUT2D eigenvalue weighted by molar-refractivity contribution is 0.0689. The van der Waals surface area contributed by atoms with Crippen LogP contribution in [0.4, 0.5) is 0 Å². The SMILES string of the molecule is Cc1ccc(Cn2ccc(C(=O)O)n2)o1. The van der Waals surface area contributed by atoms with Gasteiger partial charge in [-0.2, -0.15) is 5.10 Å². The summed E-state index contributed by atoms with van der Waals surface area (Å²) in [7, 11) is 0. The highest BCUT2D eigenvalue weighted by Gasteiger charge is 2.07. The molecule has 0 saturated carbocycles. The number of aryl methyl sites for hydroxylation is 1. The molecule has 0 radical (unpaired) electrons. The van der Waals surface area contributed by atoms with E-state index in [1.54, 1.807) is 6.20 Å². The first-order valence-corrected chi connectivity index (χ1v) is 4.47. The molecule has 2 aromatic rings. The number of rotatable bonds is 3. The lowest BCUT2D eigenvalue weighted by atomic mass is 10.4. The summed E-state index contributed by atoms with van der Waals surface area (Å²) in [5.41, 5.74) is 0.0401. The van der Waals surface area contributed by atoms with E-state index in [1.807, 2.05) is 19.1 Å². The second-order valence-corrected chi connectivity index (χ2v) is 3.22. The Kier molecular flexibility index (Phi) is 2.29. The maximum Gasteiger partial charge on any atom is 0.356 e. The van der Waals surface area contributed by atoms with E-state index in [2.05, 4.69) is 5.10 Å². The molecule has 0 bridgehead atoms. The summed E-state index contributed by atoms with van der Waals surface area (Å²) in [6, 6.07) is 5.16. The molecule has 0 aliphatic heterocycles. The van der Waals surface area contributed by atoms with Crippen LogP contribution in [0.5, 0.6) is 0 Å². The zero-order valence-electron chi connectivity index (χ0n) is 8.17. The van der Waals surface area contributed by atoms with Gasteiger partial charge in [-0.3, -0.25) is 4.68 Å². The third-order valence-electron chi connectivity index (χ3n) is 1.97. The van der Waals surface area contributed by atoms with Gasteiger partial charge in [-0.15, -0.1) is 0 Å². The van der Waals surface area contributed by atoms with Gasteiger partial charge in [0.25, 0.3) is 0 Å². The minimum Gasteiger partial charge on any atom is -0.476 e. The van der Waals surface area contributed by atoms with Gasteiger partial charge in [-0.05, 0) is 25.1 Å². The van der Waals surface area contributed by atoms with Crippen molar-refractivity contribution in [3.63, 3.8) is 0 Å². The highest BCUT2D eigenvalue weighted by molar-refractivity contribution is 5.85. The Labute approximate surface area is 85.9 Å². The molecule has 0 aromatic carbocycles. The van der Waals surface area contributed by atoms with Crippen molar-refractivity contribution in [2.24, 2.45) is 0 Å². The summed E-state index contributed by atoms with van der Waals surface area (Å²) in [5.74, 6) is 0.563. The van der Waals surface area contributed by atoms with E-state index in [0.29, 0.717) is 6.54 Å². The summed E-state index contributed by atoms with van der Waals surface area (Å²) in [6.07, 6.45) is 1.61. The number of carboxylic acid groups (broad SMARTS) is 1. The average molecular weight is 206 g/mol. The first kappa shape index (κ1) is 9.51. The second kappa shape index (κ2) is 3.61. The molecule has 5 nitrogen and oxygen atoms in total. The number of hydrogen-bond donors (Lipinski definition) is 1. The van der Waals surface area contributed by atoms with Crippen LogP contribution < -0.4 is 0 Å². The lowest BCUT2D eigenvalue weighted by Crippen LogP contribution is -2.03. The van der Waals surface area contributed by atoms with Crippen molar-refractivity contribution in [3.8, 4) is 0 Å². The van der Waals surface area contributed by atoms with Crippen molar-refractivity contribution in [1.82, 2.24) is 9.78 Å². The van der Waals surface area contributed by atoms with Gasteiger partial charge in [0.1, 0.15) is 11.5 Å². The molecule has 2 aromatic heterocycles. The molecule has 0 aliphatic carbocycles. The van der Waals surface area contributed by atoms with Crippen LogP contribution >= 0.6 is 0 Å². The van der Waals surface area contributed by atoms with Gasteiger partial charge in [0.05, 0.1) is 6.54 Å². The largest absolute Gasteiger partial charge is 0.476 e. The molecule has 78 valence electrons. The third kappa shape index (κ3) is 2.07. The van der Waals surface area contributed by atoms with Crippen molar-refractivity contribution in [1.29, 1.82) is 0 Å². The normalized spacial score (nSPS) is 10.5. The summed E-state index contributed by atoms with van der Waals surface area (Å²) in [6.45, 7) is 2.30. The van der Waals surface area contributed by atoms with Crippen LogP contribution in [0.25, 0.3) is 0 Å². The fourth-order valence-corrected chi connectivity index (χ4v) is 1.29. The first-order chi connectivity index (χ1) is 7.15. The number of nitrogens with zero attached hydrogens (tertiary/aromatic N) is 2. The first-order valence-electron chi connectivity index (χ1n) is 4.47. The van der Waals surface area contributed by atoms with Crippen LogP contribution in [0, 0.1) is 6.92 Å². The van der Waals surface area contributed by atoms with Gasteiger partial charge in [0, 0.05) is 6.20 Å². The van der Waals surface area contributed by atoms with Gasteiger partial charge in [-0.25, -0.2) is 4.79 Å². The van der Waals surface area contributed by atoms with Crippen LogP contribution in [0.2, 0.25) is 0 Å². The van der Waals surface area contributed by atoms with E-state index in [1.165, 1.54) is 10.7 Å². The van der Waals surface area contributed by atoms with Crippen molar-refractivity contribution < 1.29 is 14.3 Å². The van der Waals surface area contributed by atoms with Crippen LogP contribution in [-0.4, -0.2) is 20.9 Å². The summed E-state index contributed by atoms with van der Waals surface area (Å²) < 4.78 is 6.88. The van der Waals surface area contributed by atoms with Crippen molar-refractivity contribution in [2.75, 3.05) is 0 Å². The zero-order valence-corrected chi connectivity index (χ0v) is 8.17. The summed E-state index contributed by atoms with van der Waals surface area (Å²) in [5, 5.41) is 12.5. The molecule has 0 saturated heterocycles. The van der Waals surface area contributed by atoms with E-state index in [4.69, 9.17) is 9.52 Å². The monoisotopic (exact) mass is 206 g/mol. The molecule has 2 heterocycles. The number of carbonyl (C=O) groups is 1. The number of hydrogen-bond acceptors (Lipinski definition) is 3. The Balaban J connectivity index is 2.14. The number of carboxylic acids is 1. The molecule has 0 atom stereocenters. The highest BCUT2D eigenvalue weighted by Crippen LogP contribution is 2.08. The molecule has 0 fully saturated rings. The molecule has 0 unspecified atom stereocenters. The third-order valence-corrected chi connectivity index (χ3v) is 1.97. The quantitative estimate of drug-likeness (QED) is 0.826. The maximum absolute atomic E-state index is 10.6. The molecule has 0 aliphatic rings. The second-order valence-electron chi connectivity index (χ2n) is 3.22. The Morgan fingerprint density at radius 3 is 2.87 bits per heavy atom. The minimum absolute atomic E-state index is 0.0401. The molecule has 0 amide bonds. The Morgan fingerprint density at radius 2 is 2.33 bits per heavy atom. The van der Waals surface area contributed by atoms with Gasteiger partial charge in [0.15, 0.2) is 5.69 Å². The van der Waals surface area contributed by atoms with Crippen LogP contribution in [0.3, 0.4) is 0 Å². The standard InChI is InChI=1S/C10H10N2O3/c1-7-2-3-8(15-7)6-12-5-4-9(11-12)10(13)14/h2-5H,6H2,1H3,(H,13,14). The fourth-order valence-electron chi connectivity index (χ4n) is 1.29. The van der Waals surface area contributed by atoms with Gasteiger partial charge < -0.3 is 9.52 Å². The van der Waals surface area contributed by atoms with E-state index in [0.717, 1.165) is 11.5 Å². The van der Waals surface area contributed by atoms with Crippen molar-refractivity contribution >= 4 is 5.97 Å². The van der Waals surface area contributed by atoms with Crippen LogP contribution in [0.1, 0.15) is 22.0 Å². The Hall–Kier alpha value is -2.04. The fraction of sp³-hybridized carbons (Fsp3) is 0.200. The summed E-state index contributed by atoms with van der Waals surface area (Å²) >= 11 is 0. The molecular formula is C10H10N2O3. The molecule has 0 spiro atoms. The predicted octanol–water partition coefficient (Wildman–Crippen LogP) is 1.53. The topological polar surface area (TPSA) is 68.3 Å². The molecular weight excluding hydrogens is 196 g/mol. The maximum atomic E-state index is 10.6. The van der Waals surface area contributed by atoms with Crippen LogP contribution in [-0.2, 0) is 6.54 Å². The van der Waals surface area contributed by atoms with E-state index in [9.17, 15) is 4.79 Å². The summed E-state index contributed by atoms with van der Waals surface area (Å²) in [4.78, 5) is 10.6.